The van der Waals surface area contributed by atoms with Crippen LogP contribution in [0.25, 0.3) is 0 Å². The molecule has 1 amide bonds. The van der Waals surface area contributed by atoms with E-state index in [1.165, 1.54) is 0 Å². The SMILES string of the molecule is CCOc1ccc(NC(=O)c2cc(Cl)c[nH]2)cc1OC. The summed E-state index contributed by atoms with van der Waals surface area (Å²) in [6.07, 6.45) is 1.55. The van der Waals surface area contributed by atoms with Crippen LogP contribution < -0.4 is 14.8 Å². The number of aromatic amines is 1. The molecule has 0 atom stereocenters. The molecule has 0 aliphatic heterocycles. The number of benzene rings is 1. The molecule has 2 N–H and O–H groups in total. The van der Waals surface area contributed by atoms with Crippen molar-refractivity contribution in [3.05, 3.63) is 41.2 Å². The fraction of sp³-hybridized carbons (Fsp3) is 0.214. The largest absolute Gasteiger partial charge is 0.493 e. The Bertz CT molecular complexity index is 610. The molecular weight excluding hydrogens is 280 g/mol. The van der Waals surface area contributed by atoms with E-state index in [0.29, 0.717) is 34.5 Å². The topological polar surface area (TPSA) is 63.3 Å². The third kappa shape index (κ3) is 3.24. The molecule has 0 radical (unpaired) electrons. The maximum absolute atomic E-state index is 12.0. The average molecular weight is 295 g/mol. The normalized spacial score (nSPS) is 10.2. The van der Waals surface area contributed by atoms with Gasteiger partial charge in [-0.15, -0.1) is 0 Å². The van der Waals surface area contributed by atoms with Gasteiger partial charge in [-0.3, -0.25) is 4.79 Å². The van der Waals surface area contributed by atoms with Gasteiger partial charge in [0.25, 0.3) is 5.91 Å². The van der Waals surface area contributed by atoms with Gasteiger partial charge in [-0.2, -0.15) is 0 Å². The van der Waals surface area contributed by atoms with E-state index in [-0.39, 0.29) is 5.91 Å². The number of anilines is 1. The van der Waals surface area contributed by atoms with Crippen molar-refractivity contribution in [3.63, 3.8) is 0 Å². The fourth-order valence-corrected chi connectivity index (χ4v) is 1.88. The van der Waals surface area contributed by atoms with Crippen molar-refractivity contribution in [2.24, 2.45) is 0 Å². The zero-order valence-electron chi connectivity index (χ0n) is 11.2. The van der Waals surface area contributed by atoms with E-state index in [0.717, 1.165) is 0 Å². The van der Waals surface area contributed by atoms with Crippen molar-refractivity contribution in [1.29, 1.82) is 0 Å². The highest BCUT2D eigenvalue weighted by atomic mass is 35.5. The van der Waals surface area contributed by atoms with Crippen molar-refractivity contribution in [1.82, 2.24) is 4.98 Å². The second kappa shape index (κ2) is 6.34. The quantitative estimate of drug-likeness (QED) is 0.889. The number of nitrogens with one attached hydrogen (secondary N) is 2. The number of methoxy groups -OCH3 is 1. The summed E-state index contributed by atoms with van der Waals surface area (Å²) in [5.74, 6) is 0.924. The van der Waals surface area contributed by atoms with Crippen molar-refractivity contribution >= 4 is 23.2 Å². The van der Waals surface area contributed by atoms with E-state index in [1.807, 2.05) is 6.92 Å². The van der Waals surface area contributed by atoms with Crippen molar-refractivity contribution in [2.75, 3.05) is 19.0 Å². The Labute approximate surface area is 121 Å². The van der Waals surface area contributed by atoms with Gasteiger partial charge in [0.1, 0.15) is 5.69 Å². The molecule has 0 aliphatic rings. The van der Waals surface area contributed by atoms with E-state index in [4.69, 9.17) is 21.1 Å². The van der Waals surface area contributed by atoms with Gasteiger partial charge in [-0.1, -0.05) is 11.6 Å². The monoisotopic (exact) mass is 294 g/mol. The Morgan fingerprint density at radius 2 is 2.15 bits per heavy atom. The summed E-state index contributed by atoms with van der Waals surface area (Å²) in [5.41, 5.74) is 1.00. The Kier molecular flexibility index (Phi) is 4.53. The Balaban J connectivity index is 2.15. The lowest BCUT2D eigenvalue weighted by atomic mass is 10.2. The number of carbonyl (C=O) groups excluding carboxylic acids is 1. The van der Waals surface area contributed by atoms with Gasteiger partial charge >= 0.3 is 0 Å². The number of rotatable bonds is 5. The summed E-state index contributed by atoms with van der Waals surface area (Å²) in [6.45, 7) is 2.44. The minimum Gasteiger partial charge on any atom is -0.493 e. The first-order valence-electron chi connectivity index (χ1n) is 6.10. The lowest BCUT2D eigenvalue weighted by Gasteiger charge is -2.11. The fourth-order valence-electron chi connectivity index (χ4n) is 1.72. The molecule has 0 spiro atoms. The highest BCUT2D eigenvalue weighted by molar-refractivity contribution is 6.31. The third-order valence-electron chi connectivity index (χ3n) is 2.61. The van der Waals surface area contributed by atoms with E-state index in [9.17, 15) is 4.79 Å². The van der Waals surface area contributed by atoms with Gasteiger partial charge in [-0.25, -0.2) is 0 Å². The Hall–Kier alpha value is -2.14. The van der Waals surface area contributed by atoms with Crippen LogP contribution in [0.1, 0.15) is 17.4 Å². The van der Waals surface area contributed by atoms with Gasteiger partial charge in [-0.05, 0) is 25.1 Å². The van der Waals surface area contributed by atoms with Crippen LogP contribution in [0, 0.1) is 0 Å². The van der Waals surface area contributed by atoms with Gasteiger partial charge in [0.2, 0.25) is 0 Å². The minimum atomic E-state index is -0.275. The summed E-state index contributed by atoms with van der Waals surface area (Å²) < 4.78 is 10.6. The minimum absolute atomic E-state index is 0.275. The molecule has 1 aromatic heterocycles. The molecule has 20 heavy (non-hydrogen) atoms. The molecule has 0 saturated carbocycles. The van der Waals surface area contributed by atoms with E-state index < -0.39 is 0 Å². The number of hydrogen-bond donors (Lipinski definition) is 2. The predicted molar refractivity (Wildman–Crippen MR) is 77.9 cm³/mol. The van der Waals surface area contributed by atoms with Gasteiger partial charge in [0.15, 0.2) is 11.5 Å². The van der Waals surface area contributed by atoms with E-state index >= 15 is 0 Å². The molecule has 1 heterocycles. The molecule has 0 saturated heterocycles. The summed E-state index contributed by atoms with van der Waals surface area (Å²) >= 11 is 5.76. The number of hydrogen-bond acceptors (Lipinski definition) is 3. The maximum atomic E-state index is 12.0. The van der Waals surface area contributed by atoms with Crippen LogP contribution in [-0.2, 0) is 0 Å². The van der Waals surface area contributed by atoms with Crippen molar-refractivity contribution < 1.29 is 14.3 Å². The average Bonchev–Trinajstić information content (AvgIpc) is 2.87. The standard InChI is InChI=1S/C14H15ClN2O3/c1-3-20-12-5-4-10(7-13(12)19-2)17-14(18)11-6-9(15)8-16-11/h4-8,16H,3H2,1-2H3,(H,17,18). The first-order chi connectivity index (χ1) is 9.63. The zero-order chi connectivity index (χ0) is 14.5. The van der Waals surface area contributed by atoms with Crippen LogP contribution in [0.15, 0.2) is 30.5 Å². The number of amides is 1. The molecular formula is C14H15ClN2O3. The van der Waals surface area contributed by atoms with Crippen molar-refractivity contribution in [3.8, 4) is 11.5 Å². The van der Waals surface area contributed by atoms with Crippen LogP contribution in [0.4, 0.5) is 5.69 Å². The number of carbonyl (C=O) groups is 1. The van der Waals surface area contributed by atoms with Crippen LogP contribution in [-0.4, -0.2) is 24.6 Å². The number of halogens is 1. The number of ether oxygens (including phenoxy) is 2. The molecule has 2 aromatic rings. The molecule has 106 valence electrons. The van der Waals surface area contributed by atoms with Crippen molar-refractivity contribution in [2.45, 2.75) is 6.92 Å². The highest BCUT2D eigenvalue weighted by Crippen LogP contribution is 2.30. The number of H-pyrrole nitrogens is 1. The molecule has 0 aliphatic carbocycles. The lowest BCUT2D eigenvalue weighted by molar-refractivity contribution is 0.102. The van der Waals surface area contributed by atoms with Crippen LogP contribution in [0.3, 0.4) is 0 Å². The van der Waals surface area contributed by atoms with Crippen LogP contribution >= 0.6 is 11.6 Å². The molecule has 6 heteroatoms. The van der Waals surface area contributed by atoms with E-state index in [1.54, 1.807) is 37.6 Å². The van der Waals surface area contributed by atoms with Gasteiger partial charge < -0.3 is 19.8 Å². The highest BCUT2D eigenvalue weighted by Gasteiger charge is 2.10. The Morgan fingerprint density at radius 1 is 1.35 bits per heavy atom. The summed E-state index contributed by atoms with van der Waals surface area (Å²) in [6, 6.07) is 6.76. The maximum Gasteiger partial charge on any atom is 0.272 e. The first-order valence-corrected chi connectivity index (χ1v) is 6.48. The Morgan fingerprint density at radius 3 is 2.75 bits per heavy atom. The lowest BCUT2D eigenvalue weighted by Crippen LogP contribution is -2.12. The first kappa shape index (κ1) is 14.3. The predicted octanol–water partition coefficient (Wildman–Crippen LogP) is 3.33. The molecule has 0 fully saturated rings. The molecule has 0 unspecified atom stereocenters. The molecule has 0 bridgehead atoms. The second-order valence-electron chi connectivity index (χ2n) is 3.98. The molecule has 5 nitrogen and oxygen atoms in total. The summed E-state index contributed by atoms with van der Waals surface area (Å²) in [5, 5.41) is 3.24. The van der Waals surface area contributed by atoms with Crippen LogP contribution in [0.2, 0.25) is 5.02 Å². The number of aromatic nitrogens is 1. The van der Waals surface area contributed by atoms with Gasteiger partial charge in [0.05, 0.1) is 18.7 Å². The third-order valence-corrected chi connectivity index (χ3v) is 2.83. The smallest absolute Gasteiger partial charge is 0.272 e. The molecule has 2 rings (SSSR count). The van der Waals surface area contributed by atoms with Gasteiger partial charge in [0, 0.05) is 18.0 Å². The second-order valence-corrected chi connectivity index (χ2v) is 4.42. The summed E-state index contributed by atoms with van der Waals surface area (Å²) in [4.78, 5) is 14.8. The zero-order valence-corrected chi connectivity index (χ0v) is 12.0. The van der Waals surface area contributed by atoms with E-state index in [2.05, 4.69) is 10.3 Å². The van der Waals surface area contributed by atoms with Crippen LogP contribution in [0.5, 0.6) is 11.5 Å². The molecule has 1 aromatic carbocycles. The summed E-state index contributed by atoms with van der Waals surface area (Å²) in [7, 11) is 1.55.